The second kappa shape index (κ2) is 7.22. The van der Waals surface area contributed by atoms with Gasteiger partial charge in [0.05, 0.1) is 29.6 Å². The molecule has 0 bridgehead atoms. The Kier molecular flexibility index (Phi) is 5.10. The number of likely N-dealkylation sites (N-methyl/N-ethyl adjacent to an activating group) is 1. The summed E-state index contributed by atoms with van der Waals surface area (Å²) in [7, 11) is -6.62. The van der Waals surface area contributed by atoms with Crippen molar-refractivity contribution < 1.29 is 30.4 Å². The third kappa shape index (κ3) is 4.09. The van der Waals surface area contributed by atoms with Crippen LogP contribution in [0, 0.1) is 0 Å². The van der Waals surface area contributed by atoms with Gasteiger partial charge in [-0.3, -0.25) is 13.6 Å². The average Bonchev–Trinajstić information content (AvgIpc) is 3.15. The highest BCUT2D eigenvalue weighted by atomic mass is 32.2. The zero-order valence-corrected chi connectivity index (χ0v) is 19.3. The van der Waals surface area contributed by atoms with Crippen molar-refractivity contribution in [3.63, 3.8) is 0 Å². The van der Waals surface area contributed by atoms with E-state index in [1.165, 1.54) is 30.3 Å². The molecule has 9 nitrogen and oxygen atoms in total. The largest absolute Gasteiger partial charge is 0.440 e. The smallest absolute Gasteiger partial charge is 0.294 e. The van der Waals surface area contributed by atoms with Gasteiger partial charge in [0, 0.05) is 29.5 Å². The molecule has 1 unspecified atom stereocenters. The normalized spacial score (nSPS) is 20.8. The van der Waals surface area contributed by atoms with Gasteiger partial charge in [0.2, 0.25) is 0 Å². The highest BCUT2D eigenvalue weighted by molar-refractivity contribution is 7.86. The minimum Gasteiger partial charge on any atom is -0.440 e. The molecule has 0 fully saturated rings. The van der Waals surface area contributed by atoms with Crippen LogP contribution in [0.2, 0.25) is 0 Å². The Morgan fingerprint density at radius 3 is 2.34 bits per heavy atom. The maximum absolute atomic E-state index is 11.6. The first-order chi connectivity index (χ1) is 14.7. The Hall–Kier alpha value is -2.57. The van der Waals surface area contributed by atoms with E-state index >= 15 is 0 Å². The number of allylic oxidation sites excluding steroid dienone is 1. The van der Waals surface area contributed by atoms with Gasteiger partial charge in [-0.2, -0.15) is 16.8 Å². The number of fused-ring (bicyclic) bond motifs is 2. The Labute approximate surface area is 186 Å². The van der Waals surface area contributed by atoms with Crippen molar-refractivity contribution in [2.75, 3.05) is 13.6 Å². The van der Waals surface area contributed by atoms with E-state index in [1.54, 1.807) is 6.07 Å². The van der Waals surface area contributed by atoms with Crippen LogP contribution in [0.1, 0.15) is 25.3 Å². The molecular weight excluding hydrogens is 456 g/mol. The van der Waals surface area contributed by atoms with Crippen molar-refractivity contribution in [2.45, 2.75) is 35.5 Å². The van der Waals surface area contributed by atoms with Crippen LogP contribution >= 0.6 is 0 Å². The lowest BCUT2D eigenvalue weighted by Crippen LogP contribution is -2.41. The van der Waals surface area contributed by atoms with E-state index in [0.29, 0.717) is 28.9 Å². The van der Waals surface area contributed by atoms with Crippen LogP contribution in [-0.2, 0) is 32.1 Å². The van der Waals surface area contributed by atoms with Gasteiger partial charge in [0.25, 0.3) is 20.2 Å². The molecule has 1 atom stereocenters. The van der Waals surface area contributed by atoms with E-state index in [0.717, 1.165) is 11.3 Å². The summed E-state index contributed by atoms with van der Waals surface area (Å²) in [6, 6.07) is 8.59. The Morgan fingerprint density at radius 1 is 1.06 bits per heavy atom. The Balaban J connectivity index is 1.62. The first-order valence-corrected chi connectivity index (χ1v) is 12.6. The number of nitrogens with zero attached hydrogens (tertiary/aromatic N) is 2. The van der Waals surface area contributed by atoms with Crippen LogP contribution in [0.15, 0.2) is 62.9 Å². The van der Waals surface area contributed by atoms with Crippen LogP contribution in [0.3, 0.4) is 0 Å². The summed E-state index contributed by atoms with van der Waals surface area (Å²) in [4.78, 5) is 3.95. The third-order valence-electron chi connectivity index (χ3n) is 5.70. The van der Waals surface area contributed by atoms with Gasteiger partial charge in [0.1, 0.15) is 11.2 Å². The quantitative estimate of drug-likeness (QED) is 0.420. The van der Waals surface area contributed by atoms with Crippen LogP contribution in [0.25, 0.3) is 11.1 Å². The van der Waals surface area contributed by atoms with Gasteiger partial charge in [0.15, 0.2) is 11.5 Å². The van der Waals surface area contributed by atoms with Crippen LogP contribution in [0.5, 0.6) is 0 Å². The summed E-state index contributed by atoms with van der Waals surface area (Å²) < 4.78 is 70.3. The summed E-state index contributed by atoms with van der Waals surface area (Å²) in [5, 5.41) is 0. The monoisotopic (exact) mass is 479 g/mol. The maximum atomic E-state index is 11.6. The number of rotatable bonds is 5. The first kappa shape index (κ1) is 22.6. The molecule has 3 aromatic rings. The minimum absolute atomic E-state index is 0.127. The van der Waals surface area contributed by atoms with Gasteiger partial charge in [-0.25, -0.2) is 4.98 Å². The molecule has 4 rings (SSSR count). The van der Waals surface area contributed by atoms with Gasteiger partial charge in [-0.1, -0.05) is 13.8 Å². The summed E-state index contributed by atoms with van der Waals surface area (Å²) in [6.07, 6.45) is 4.21. The number of benzene rings is 2. The molecule has 2 heterocycles. The number of oxazole rings is 1. The summed E-state index contributed by atoms with van der Waals surface area (Å²) in [5.41, 5.74) is 2.19. The van der Waals surface area contributed by atoms with Crippen molar-refractivity contribution in [2.24, 2.45) is 0 Å². The second-order valence-electron chi connectivity index (χ2n) is 8.76. The van der Waals surface area contributed by atoms with Crippen LogP contribution in [-0.4, -0.2) is 44.5 Å². The number of hydrogen-bond donors (Lipinski definition) is 2. The predicted octanol–water partition coefficient (Wildman–Crippen LogP) is 3.31. The summed E-state index contributed by atoms with van der Waals surface area (Å²) >= 11 is 0. The van der Waals surface area contributed by atoms with Crippen molar-refractivity contribution in [3.05, 3.63) is 60.1 Å². The topological polar surface area (TPSA) is 135 Å². The molecule has 0 radical (unpaired) electrons. The zero-order valence-electron chi connectivity index (χ0n) is 17.7. The molecular formula is C21H23N2O7S2+. The fraction of sp³-hybridized carbons (Fsp3) is 0.286. The molecule has 0 aliphatic carbocycles. The van der Waals surface area contributed by atoms with E-state index in [1.807, 2.05) is 33.2 Å². The maximum Gasteiger partial charge on any atom is 0.294 e. The number of quaternary nitrogens is 1. The van der Waals surface area contributed by atoms with E-state index in [9.17, 15) is 25.9 Å². The van der Waals surface area contributed by atoms with Gasteiger partial charge in [-0.15, -0.1) is 0 Å². The van der Waals surface area contributed by atoms with Crippen molar-refractivity contribution in [1.29, 1.82) is 0 Å². The first-order valence-electron chi connectivity index (χ1n) is 9.72. The van der Waals surface area contributed by atoms with Crippen LogP contribution < -0.4 is 4.48 Å². The molecule has 0 spiro atoms. The van der Waals surface area contributed by atoms with Gasteiger partial charge >= 0.3 is 0 Å². The fourth-order valence-corrected chi connectivity index (χ4v) is 5.38. The lowest BCUT2D eigenvalue weighted by Gasteiger charge is -2.27. The standard InChI is InChI=1S/C21H22N2O7S2/c1-21(2)13-23(3,18-9-7-14(11-16(18)21)31(24,25)26)10-4-5-20-22-17-8-6-15(32(27,28)29)12-19(17)30-20/h4,6-12H,5,13H2,1-3H3,(H-,24,25,26,27,28,29)/p+1/b10-4-. The molecule has 2 N–H and O–H groups in total. The molecule has 32 heavy (non-hydrogen) atoms. The Morgan fingerprint density at radius 2 is 1.69 bits per heavy atom. The van der Waals surface area contributed by atoms with Crippen molar-refractivity contribution in [1.82, 2.24) is 9.47 Å². The van der Waals surface area contributed by atoms with E-state index in [2.05, 4.69) is 4.98 Å². The van der Waals surface area contributed by atoms with Gasteiger partial charge < -0.3 is 4.42 Å². The molecule has 2 aromatic carbocycles. The van der Waals surface area contributed by atoms with Gasteiger partial charge in [-0.05, 0) is 30.3 Å². The zero-order chi connectivity index (χ0) is 23.5. The Bertz CT molecular complexity index is 1470. The fourth-order valence-electron chi connectivity index (χ4n) is 4.37. The van der Waals surface area contributed by atoms with Crippen LogP contribution in [0.4, 0.5) is 5.69 Å². The molecule has 1 aromatic heterocycles. The molecule has 11 heteroatoms. The number of aromatic nitrogens is 1. The predicted molar refractivity (Wildman–Crippen MR) is 119 cm³/mol. The second-order valence-corrected chi connectivity index (χ2v) is 11.6. The SMILES string of the molecule is CC1(C)C[N+](C)(/C=C\Cc2nc3ccc(S(=O)(=O)O)cc3o2)c2ccc(S(=O)(=O)O)cc21. The highest BCUT2D eigenvalue weighted by Gasteiger charge is 2.45. The minimum atomic E-state index is -4.33. The lowest BCUT2D eigenvalue weighted by atomic mass is 9.87. The van der Waals surface area contributed by atoms with E-state index in [-0.39, 0.29) is 20.8 Å². The van der Waals surface area contributed by atoms with Crippen molar-refractivity contribution in [3.8, 4) is 0 Å². The summed E-state index contributed by atoms with van der Waals surface area (Å²) in [5.74, 6) is 0.385. The highest BCUT2D eigenvalue weighted by Crippen LogP contribution is 2.45. The number of hydrogen-bond acceptors (Lipinski definition) is 6. The molecule has 0 saturated carbocycles. The molecule has 1 aliphatic heterocycles. The average molecular weight is 480 g/mol. The molecule has 1 aliphatic rings. The van der Waals surface area contributed by atoms with E-state index < -0.39 is 20.2 Å². The molecule has 170 valence electrons. The molecule has 0 amide bonds. The van der Waals surface area contributed by atoms with Crippen molar-refractivity contribution >= 4 is 37.0 Å². The third-order valence-corrected chi connectivity index (χ3v) is 7.40. The lowest BCUT2D eigenvalue weighted by molar-refractivity contribution is 0.388. The molecule has 0 saturated heterocycles. The van der Waals surface area contributed by atoms with E-state index in [4.69, 9.17) is 4.42 Å². The summed E-state index contributed by atoms with van der Waals surface area (Å²) in [6.45, 7) is 4.72.